The van der Waals surface area contributed by atoms with E-state index < -0.39 is 82.6 Å². The lowest BCUT2D eigenvalue weighted by Crippen LogP contribution is -2.49. The van der Waals surface area contributed by atoms with E-state index in [9.17, 15) is 34.8 Å². The molecule has 2 saturated heterocycles. The van der Waals surface area contributed by atoms with Gasteiger partial charge in [0.15, 0.2) is 17.9 Å². The van der Waals surface area contributed by atoms with Crippen molar-refractivity contribution in [2.45, 2.75) is 69.4 Å². The first-order chi connectivity index (χ1) is 21.8. The Morgan fingerprint density at radius 1 is 1.09 bits per heavy atom. The Labute approximate surface area is 278 Å². The number of aliphatic imine (C=N–C) groups is 1. The summed E-state index contributed by atoms with van der Waals surface area (Å²) in [5.41, 5.74) is -3.01. The van der Waals surface area contributed by atoms with Crippen molar-refractivity contribution in [3.05, 3.63) is 51.6 Å². The quantitative estimate of drug-likeness (QED) is 0.170. The third-order valence-corrected chi connectivity index (χ3v) is 9.68. The van der Waals surface area contributed by atoms with Crippen LogP contribution in [0.4, 0.5) is 0 Å². The number of aliphatic hydroxyl groups is 2. The van der Waals surface area contributed by atoms with E-state index in [1.165, 1.54) is 32.2 Å². The first-order valence-corrected chi connectivity index (χ1v) is 15.4. The topological polar surface area (TPSA) is 179 Å². The summed E-state index contributed by atoms with van der Waals surface area (Å²) >= 11 is 0. The maximum absolute atomic E-state index is 13.8. The molecule has 4 aliphatic rings. The number of likely N-dealkylation sites (N-methyl/N-ethyl adjacent to an activating group) is 1. The predicted octanol–water partition coefficient (Wildman–Crippen LogP) is 1.77. The molecule has 0 radical (unpaired) electrons. The van der Waals surface area contributed by atoms with Gasteiger partial charge in [0.05, 0.1) is 48.4 Å². The summed E-state index contributed by atoms with van der Waals surface area (Å²) < 4.78 is 17.6. The zero-order valence-electron chi connectivity index (χ0n) is 26.6. The van der Waals surface area contributed by atoms with Crippen LogP contribution in [0.2, 0.25) is 0 Å². The van der Waals surface area contributed by atoms with Gasteiger partial charge in [0, 0.05) is 62.1 Å². The van der Waals surface area contributed by atoms with E-state index in [1.807, 2.05) is 7.05 Å². The molecular formula is C33H40ClN3O10. The number of methoxy groups -OCH3 is 1. The van der Waals surface area contributed by atoms with Crippen LogP contribution in [0, 0.1) is 0 Å². The number of aromatic hydroxyl groups is 2. The van der Waals surface area contributed by atoms with Crippen molar-refractivity contribution in [2.24, 2.45) is 4.99 Å². The Morgan fingerprint density at radius 2 is 1.77 bits per heavy atom. The molecule has 14 heteroatoms. The summed E-state index contributed by atoms with van der Waals surface area (Å²) in [7, 11) is 3.40. The van der Waals surface area contributed by atoms with Gasteiger partial charge in [-0.3, -0.25) is 19.4 Å². The number of benzene rings is 2. The molecule has 2 aromatic carbocycles. The molecule has 2 aromatic rings. The molecule has 0 bridgehead atoms. The van der Waals surface area contributed by atoms with Gasteiger partial charge in [-0.1, -0.05) is 12.1 Å². The molecule has 2 fully saturated rings. The number of carbonyl (C=O) groups is 3. The third-order valence-electron chi connectivity index (χ3n) is 9.68. The van der Waals surface area contributed by atoms with Crippen molar-refractivity contribution in [1.82, 2.24) is 9.80 Å². The van der Waals surface area contributed by atoms with Crippen molar-refractivity contribution >= 4 is 36.1 Å². The highest BCUT2D eigenvalue weighted by molar-refractivity contribution is 6.31. The maximum Gasteiger partial charge on any atom is 0.202 e. The summed E-state index contributed by atoms with van der Waals surface area (Å²) in [6, 6.07) is 3.87. The summed E-state index contributed by atoms with van der Waals surface area (Å²) in [5.74, 6) is -3.14. The van der Waals surface area contributed by atoms with Crippen LogP contribution in [0.15, 0.2) is 23.2 Å². The average Bonchev–Trinajstić information content (AvgIpc) is 3.02. The van der Waals surface area contributed by atoms with Gasteiger partial charge in [-0.05, 0) is 27.0 Å². The van der Waals surface area contributed by atoms with Gasteiger partial charge in [0.1, 0.15) is 29.0 Å². The van der Waals surface area contributed by atoms with Gasteiger partial charge in [0.2, 0.25) is 5.78 Å². The number of nitrogens with zero attached hydrogens (tertiary/aromatic N) is 3. The Kier molecular flexibility index (Phi) is 9.71. The van der Waals surface area contributed by atoms with Crippen molar-refractivity contribution in [2.75, 3.05) is 40.3 Å². The second-order valence-electron chi connectivity index (χ2n) is 12.6. The van der Waals surface area contributed by atoms with Crippen LogP contribution in [-0.2, 0) is 20.7 Å². The van der Waals surface area contributed by atoms with Gasteiger partial charge in [0.25, 0.3) is 0 Å². The minimum Gasteiger partial charge on any atom is -0.507 e. The van der Waals surface area contributed by atoms with E-state index in [0.29, 0.717) is 0 Å². The monoisotopic (exact) mass is 673 g/mol. The number of phenols is 2. The first kappa shape index (κ1) is 34.7. The number of piperazine rings is 1. The second kappa shape index (κ2) is 13.1. The zero-order chi connectivity index (χ0) is 33.1. The minimum absolute atomic E-state index is 0. The zero-order valence-corrected chi connectivity index (χ0v) is 27.5. The molecule has 0 saturated carbocycles. The van der Waals surface area contributed by atoms with E-state index in [0.717, 1.165) is 26.2 Å². The van der Waals surface area contributed by atoms with Crippen LogP contribution in [-0.4, -0.2) is 124 Å². The SMILES string of the molecule is COc1cccc2c1C(=O)c1c(O)c3c(c(O)c1C2=O)CC(O)(C(C)=O)C[C@@H]3OC1C[C@@H](N=CN2CCN(C)CC2)C(O)C(C)O1.Cl. The van der Waals surface area contributed by atoms with E-state index in [1.54, 1.807) is 13.3 Å². The molecule has 47 heavy (non-hydrogen) atoms. The number of Topliss-reactive ketones (excluding diaryl/α,β-unsaturated/α-hetero) is 1. The molecule has 4 unspecified atom stereocenters. The molecule has 13 nitrogen and oxygen atoms in total. The number of phenolic OH excluding ortho intramolecular Hbond substituents is 2. The van der Waals surface area contributed by atoms with Crippen LogP contribution in [0.5, 0.6) is 17.2 Å². The Morgan fingerprint density at radius 3 is 2.43 bits per heavy atom. The molecule has 254 valence electrons. The second-order valence-corrected chi connectivity index (χ2v) is 12.6. The number of fused-ring (bicyclic) bond motifs is 3. The predicted molar refractivity (Wildman–Crippen MR) is 171 cm³/mol. The molecular weight excluding hydrogens is 634 g/mol. The fourth-order valence-corrected chi connectivity index (χ4v) is 6.86. The van der Waals surface area contributed by atoms with Gasteiger partial charge < -0.3 is 44.4 Å². The number of carbonyl (C=O) groups excluding carboxylic acids is 3. The normalized spacial score (nSPS) is 29.1. The summed E-state index contributed by atoms with van der Waals surface area (Å²) in [5, 5.41) is 45.6. The third kappa shape index (κ3) is 6.00. The lowest BCUT2D eigenvalue weighted by Gasteiger charge is -2.42. The summed E-state index contributed by atoms with van der Waals surface area (Å²) in [6.45, 7) is 6.24. The Balaban J connectivity index is 0.00000433. The number of ketones is 3. The average molecular weight is 674 g/mol. The highest BCUT2D eigenvalue weighted by atomic mass is 35.5. The van der Waals surface area contributed by atoms with E-state index in [2.05, 4.69) is 14.8 Å². The smallest absolute Gasteiger partial charge is 0.202 e. The van der Waals surface area contributed by atoms with Crippen molar-refractivity contribution in [3.8, 4) is 17.2 Å². The summed E-state index contributed by atoms with van der Waals surface area (Å²) in [6.07, 6.45) is -2.78. The van der Waals surface area contributed by atoms with Crippen LogP contribution in [0.1, 0.15) is 75.8 Å². The van der Waals surface area contributed by atoms with E-state index in [-0.39, 0.29) is 53.3 Å². The highest BCUT2D eigenvalue weighted by Crippen LogP contribution is 2.52. The number of aliphatic hydroxyl groups excluding tert-OH is 1. The van der Waals surface area contributed by atoms with Crippen LogP contribution in [0.3, 0.4) is 0 Å². The molecule has 0 spiro atoms. The Bertz CT molecular complexity index is 1620. The maximum atomic E-state index is 13.8. The number of ether oxygens (including phenoxy) is 3. The Hall–Kier alpha value is -3.59. The molecule has 0 amide bonds. The minimum atomic E-state index is -2.02. The standard InChI is InChI=1S/C33H39N3O10.ClH/c1-16-28(38)20(34-15-36-10-8-35(3)9-11-36)12-23(45-16)46-22-14-33(43,17(2)37)13-19-25(22)32(42)27-26(30(19)40)29(39)18-6-5-7-21(44-4)24(18)31(27)41;/h5-7,15-16,20,22-23,28,38,40,42-43H,8-14H2,1-4H3;1H/t16?,20-,22+,23?,28?,33?;/m1./s1. The lowest BCUT2D eigenvalue weighted by molar-refractivity contribution is -0.246. The van der Waals surface area contributed by atoms with Gasteiger partial charge in [-0.15, -0.1) is 12.4 Å². The highest BCUT2D eigenvalue weighted by Gasteiger charge is 2.49. The van der Waals surface area contributed by atoms with Crippen LogP contribution >= 0.6 is 12.4 Å². The van der Waals surface area contributed by atoms with Gasteiger partial charge >= 0.3 is 0 Å². The number of hydrogen-bond donors (Lipinski definition) is 4. The number of halogens is 1. The number of rotatable bonds is 6. The fourth-order valence-electron chi connectivity index (χ4n) is 6.86. The van der Waals surface area contributed by atoms with Crippen molar-refractivity contribution in [3.63, 3.8) is 0 Å². The van der Waals surface area contributed by atoms with Gasteiger partial charge in [-0.25, -0.2) is 0 Å². The van der Waals surface area contributed by atoms with Crippen LogP contribution < -0.4 is 4.74 Å². The van der Waals surface area contributed by atoms with E-state index >= 15 is 0 Å². The molecule has 4 N–H and O–H groups in total. The van der Waals surface area contributed by atoms with Crippen molar-refractivity contribution in [1.29, 1.82) is 0 Å². The first-order valence-electron chi connectivity index (χ1n) is 15.4. The molecule has 2 heterocycles. The van der Waals surface area contributed by atoms with Crippen LogP contribution in [0.25, 0.3) is 0 Å². The van der Waals surface area contributed by atoms with Gasteiger partial charge in [-0.2, -0.15) is 0 Å². The lowest BCUT2D eigenvalue weighted by atomic mass is 9.72. The molecule has 2 aliphatic carbocycles. The molecule has 6 atom stereocenters. The van der Waals surface area contributed by atoms with Crippen molar-refractivity contribution < 1.29 is 49.0 Å². The number of hydrogen-bond acceptors (Lipinski definition) is 12. The molecule has 0 aromatic heterocycles. The molecule has 6 rings (SSSR count). The molecule has 2 aliphatic heterocycles. The summed E-state index contributed by atoms with van der Waals surface area (Å²) in [4.78, 5) is 49.2. The fraction of sp³-hybridized carbons (Fsp3) is 0.515. The van der Waals surface area contributed by atoms with E-state index in [4.69, 9.17) is 14.2 Å². The largest absolute Gasteiger partial charge is 0.507 e.